The molecule has 0 spiro atoms. The van der Waals surface area contributed by atoms with E-state index in [1.165, 1.54) is 12.5 Å². The van der Waals surface area contributed by atoms with Gasteiger partial charge in [-0.3, -0.25) is 9.59 Å². The number of hydrogen-bond donors (Lipinski definition) is 2. The molecular formula is C28H41NO4. The third-order valence-corrected chi connectivity index (χ3v) is 6.32. The zero-order valence-electron chi connectivity index (χ0n) is 20.4. The van der Waals surface area contributed by atoms with Crippen molar-refractivity contribution in [2.45, 2.75) is 77.9 Å². The summed E-state index contributed by atoms with van der Waals surface area (Å²) in [6.07, 6.45) is 13.2. The van der Waals surface area contributed by atoms with Crippen LogP contribution in [0.1, 0.15) is 64.9 Å². The van der Waals surface area contributed by atoms with Gasteiger partial charge in [-0.05, 0) is 50.5 Å². The number of ether oxygens (including phenoxy) is 1. The fourth-order valence-electron chi connectivity index (χ4n) is 4.52. The van der Waals surface area contributed by atoms with Crippen LogP contribution in [-0.2, 0) is 20.7 Å². The smallest absolute Gasteiger partial charge is 0.302 e. The molecule has 0 saturated heterocycles. The Hall–Kier alpha value is -2.40. The maximum Gasteiger partial charge on any atom is 0.302 e. The predicted octanol–water partition coefficient (Wildman–Crippen LogP) is 4.99. The zero-order chi connectivity index (χ0) is 24.1. The first-order chi connectivity index (χ1) is 15.9. The summed E-state index contributed by atoms with van der Waals surface area (Å²) in [6, 6.07) is 10.5. The molecule has 1 saturated carbocycles. The number of carbonyl (C=O) groups is 2. The number of aliphatic hydroxyl groups is 1. The Bertz CT molecular complexity index is 773. The highest BCUT2D eigenvalue weighted by molar-refractivity contribution is 5.75. The quantitative estimate of drug-likeness (QED) is 0.250. The minimum atomic E-state index is -0.511. The molecule has 33 heavy (non-hydrogen) atoms. The lowest BCUT2D eigenvalue weighted by Gasteiger charge is -2.22. The summed E-state index contributed by atoms with van der Waals surface area (Å²) in [5.74, 6) is 0.209. The minimum Gasteiger partial charge on any atom is -0.462 e. The van der Waals surface area contributed by atoms with E-state index in [2.05, 4.69) is 60.8 Å². The van der Waals surface area contributed by atoms with Gasteiger partial charge in [0.2, 0.25) is 5.91 Å². The second kappa shape index (κ2) is 14.7. The molecule has 0 bridgehead atoms. The van der Waals surface area contributed by atoms with Crippen LogP contribution in [-0.4, -0.2) is 35.7 Å². The summed E-state index contributed by atoms with van der Waals surface area (Å²) >= 11 is 0. The molecule has 1 aliphatic carbocycles. The molecule has 5 atom stereocenters. The van der Waals surface area contributed by atoms with Gasteiger partial charge >= 0.3 is 5.97 Å². The molecule has 0 aromatic heterocycles. The van der Waals surface area contributed by atoms with Crippen LogP contribution in [0.4, 0.5) is 0 Å². The van der Waals surface area contributed by atoms with E-state index in [0.717, 1.165) is 32.1 Å². The lowest BCUT2D eigenvalue weighted by molar-refractivity contribution is -0.148. The number of allylic oxidation sites excluding steroid dienone is 3. The Balaban J connectivity index is 1.91. The molecule has 2 rings (SSSR count). The van der Waals surface area contributed by atoms with Crippen molar-refractivity contribution in [3.05, 3.63) is 60.2 Å². The zero-order valence-corrected chi connectivity index (χ0v) is 20.4. The highest BCUT2D eigenvalue weighted by atomic mass is 16.5. The summed E-state index contributed by atoms with van der Waals surface area (Å²) in [5.41, 5.74) is 1.34. The van der Waals surface area contributed by atoms with Crippen molar-refractivity contribution in [3.8, 4) is 0 Å². The van der Waals surface area contributed by atoms with Gasteiger partial charge in [-0.15, -0.1) is 0 Å². The molecule has 5 unspecified atom stereocenters. The van der Waals surface area contributed by atoms with Crippen molar-refractivity contribution in [1.82, 2.24) is 5.32 Å². The van der Waals surface area contributed by atoms with E-state index in [1.807, 2.05) is 13.0 Å². The Morgan fingerprint density at radius 3 is 2.70 bits per heavy atom. The second-order valence-corrected chi connectivity index (χ2v) is 9.13. The number of nitrogens with one attached hydrogen (secondary N) is 1. The summed E-state index contributed by atoms with van der Waals surface area (Å²) < 4.78 is 5.55. The standard InChI is InChI=1S/C28H41NO4/c1-4-29-28(32)15-11-6-5-10-14-25-24(26(31)20-27(25)33-22(3)30)19-17-21(2)16-18-23-12-8-7-9-13-23/h5,7-10,12-13,17,19,21,24-27,31H,4,6,11,14-16,18,20H2,1-3H3,(H,29,32). The van der Waals surface area contributed by atoms with Crippen LogP contribution in [0.25, 0.3) is 0 Å². The maximum atomic E-state index is 11.6. The predicted molar refractivity (Wildman–Crippen MR) is 133 cm³/mol. The van der Waals surface area contributed by atoms with Crippen molar-refractivity contribution in [1.29, 1.82) is 0 Å². The number of benzene rings is 1. The average molecular weight is 456 g/mol. The van der Waals surface area contributed by atoms with E-state index in [9.17, 15) is 14.7 Å². The number of unbranched alkanes of at least 4 members (excludes halogenated alkanes) is 1. The van der Waals surface area contributed by atoms with Gasteiger partial charge in [0.1, 0.15) is 6.10 Å². The fraction of sp³-hybridized carbons (Fsp3) is 0.571. The molecule has 1 aromatic carbocycles. The van der Waals surface area contributed by atoms with E-state index < -0.39 is 6.10 Å². The topological polar surface area (TPSA) is 75.6 Å². The number of aryl methyl sites for hydroxylation is 1. The van der Waals surface area contributed by atoms with Crippen LogP contribution in [0.15, 0.2) is 54.6 Å². The Labute approximate surface area is 199 Å². The van der Waals surface area contributed by atoms with Crippen LogP contribution in [0, 0.1) is 17.8 Å². The summed E-state index contributed by atoms with van der Waals surface area (Å²) in [5, 5.41) is 13.5. The number of aliphatic hydroxyl groups excluding tert-OH is 1. The molecule has 182 valence electrons. The second-order valence-electron chi connectivity index (χ2n) is 9.13. The molecule has 0 heterocycles. The van der Waals surface area contributed by atoms with Gasteiger partial charge < -0.3 is 15.2 Å². The van der Waals surface area contributed by atoms with Gasteiger partial charge in [-0.1, -0.05) is 61.6 Å². The lowest BCUT2D eigenvalue weighted by atomic mass is 9.88. The van der Waals surface area contributed by atoms with E-state index in [1.54, 1.807) is 0 Å². The van der Waals surface area contributed by atoms with E-state index in [4.69, 9.17) is 4.74 Å². The lowest BCUT2D eigenvalue weighted by Crippen LogP contribution is -2.24. The van der Waals surface area contributed by atoms with Gasteiger partial charge in [0.05, 0.1) is 6.10 Å². The van der Waals surface area contributed by atoms with Gasteiger partial charge in [0, 0.05) is 38.1 Å². The van der Waals surface area contributed by atoms with E-state index in [0.29, 0.717) is 25.3 Å². The molecule has 1 amide bonds. The minimum absolute atomic E-state index is 0.0338. The fourth-order valence-corrected chi connectivity index (χ4v) is 4.52. The number of hydrogen-bond acceptors (Lipinski definition) is 4. The third kappa shape index (κ3) is 9.95. The largest absolute Gasteiger partial charge is 0.462 e. The van der Waals surface area contributed by atoms with Crippen LogP contribution in [0.5, 0.6) is 0 Å². The van der Waals surface area contributed by atoms with Crippen LogP contribution >= 0.6 is 0 Å². The SMILES string of the molecule is CCNC(=O)CCCC=CCC1C(OC(C)=O)CC(O)C1C=CC(C)CCc1ccccc1. The first-order valence-corrected chi connectivity index (χ1v) is 12.4. The van der Waals surface area contributed by atoms with Crippen molar-refractivity contribution < 1.29 is 19.4 Å². The molecule has 5 nitrogen and oxygen atoms in total. The van der Waals surface area contributed by atoms with Crippen molar-refractivity contribution in [3.63, 3.8) is 0 Å². The first-order valence-electron chi connectivity index (χ1n) is 12.4. The van der Waals surface area contributed by atoms with Gasteiger partial charge in [-0.2, -0.15) is 0 Å². The summed E-state index contributed by atoms with van der Waals surface area (Å²) in [7, 11) is 0. The van der Waals surface area contributed by atoms with Crippen LogP contribution in [0.2, 0.25) is 0 Å². The third-order valence-electron chi connectivity index (χ3n) is 6.32. The van der Waals surface area contributed by atoms with Crippen LogP contribution in [0.3, 0.4) is 0 Å². The first kappa shape index (κ1) is 26.8. The number of esters is 1. The monoisotopic (exact) mass is 455 g/mol. The molecule has 1 fully saturated rings. The summed E-state index contributed by atoms with van der Waals surface area (Å²) in [6.45, 7) is 6.21. The highest BCUT2D eigenvalue weighted by Crippen LogP contribution is 2.38. The van der Waals surface area contributed by atoms with Crippen molar-refractivity contribution in [2.75, 3.05) is 6.54 Å². The maximum absolute atomic E-state index is 11.6. The van der Waals surface area contributed by atoms with Crippen LogP contribution < -0.4 is 5.32 Å². The number of carbonyl (C=O) groups excluding carboxylic acids is 2. The van der Waals surface area contributed by atoms with Gasteiger partial charge in [-0.25, -0.2) is 0 Å². The molecule has 0 aliphatic heterocycles. The molecule has 1 aromatic rings. The van der Waals surface area contributed by atoms with Gasteiger partial charge in [0.25, 0.3) is 0 Å². The summed E-state index contributed by atoms with van der Waals surface area (Å²) in [4.78, 5) is 23.1. The normalized spacial score (nSPS) is 23.8. The average Bonchev–Trinajstić information content (AvgIpc) is 3.07. The van der Waals surface area contributed by atoms with E-state index >= 15 is 0 Å². The van der Waals surface area contributed by atoms with Crippen molar-refractivity contribution in [2.24, 2.45) is 17.8 Å². The Morgan fingerprint density at radius 1 is 1.24 bits per heavy atom. The van der Waals surface area contributed by atoms with Gasteiger partial charge in [0.15, 0.2) is 0 Å². The number of rotatable bonds is 13. The van der Waals surface area contributed by atoms with Crippen molar-refractivity contribution >= 4 is 11.9 Å². The Morgan fingerprint density at radius 2 is 2.00 bits per heavy atom. The molecule has 1 aliphatic rings. The molecule has 5 heteroatoms. The molecule has 2 N–H and O–H groups in total. The van der Waals surface area contributed by atoms with E-state index in [-0.39, 0.29) is 29.8 Å². The molecule has 0 radical (unpaired) electrons. The Kier molecular flexibility index (Phi) is 12.0. The number of amides is 1. The molecular weight excluding hydrogens is 414 g/mol. The highest BCUT2D eigenvalue weighted by Gasteiger charge is 2.42.